The minimum absolute atomic E-state index is 0.0332. The summed E-state index contributed by atoms with van der Waals surface area (Å²) in [5.41, 5.74) is -0.374. The fourth-order valence-electron chi connectivity index (χ4n) is 1.83. The molecule has 0 spiro atoms. The zero-order chi connectivity index (χ0) is 17.7. The fraction of sp³-hybridized carbons (Fsp3) is 0. The van der Waals surface area contributed by atoms with E-state index in [9.17, 15) is 18.4 Å². The van der Waals surface area contributed by atoms with Gasteiger partial charge in [-0.25, -0.2) is 13.6 Å². The Morgan fingerprint density at radius 1 is 1.12 bits per heavy atom. The van der Waals surface area contributed by atoms with Gasteiger partial charge in [-0.15, -0.1) is 0 Å². The number of carbonyl (C=O) groups excluding carboxylic acids is 1. The number of rotatable bonds is 4. The van der Waals surface area contributed by atoms with Gasteiger partial charge >= 0.3 is 5.97 Å². The molecule has 2 rings (SSSR count). The largest absolute Gasteiger partial charge is 0.478 e. The molecule has 0 bridgehead atoms. The number of halogens is 2. The maximum absolute atomic E-state index is 13.6. The van der Waals surface area contributed by atoms with E-state index in [1.165, 1.54) is 36.4 Å². The molecule has 5 nitrogen and oxygen atoms in total. The molecule has 0 unspecified atom stereocenters. The predicted octanol–water partition coefficient (Wildman–Crippen LogP) is 3.21. The van der Waals surface area contributed by atoms with Crippen molar-refractivity contribution in [1.29, 1.82) is 5.26 Å². The zero-order valence-corrected chi connectivity index (χ0v) is 12.1. The number of hydrogen-bond acceptors (Lipinski definition) is 3. The summed E-state index contributed by atoms with van der Waals surface area (Å²) in [6.07, 6.45) is 0.930. The van der Waals surface area contributed by atoms with Crippen molar-refractivity contribution in [2.24, 2.45) is 0 Å². The van der Waals surface area contributed by atoms with Gasteiger partial charge in [-0.05, 0) is 36.4 Å². The number of anilines is 1. The van der Waals surface area contributed by atoms with Crippen LogP contribution in [0.3, 0.4) is 0 Å². The van der Waals surface area contributed by atoms with Crippen LogP contribution in [0.2, 0.25) is 0 Å². The third-order valence-corrected chi connectivity index (χ3v) is 3.04. The Morgan fingerprint density at radius 3 is 2.38 bits per heavy atom. The van der Waals surface area contributed by atoms with Gasteiger partial charge in [0.25, 0.3) is 5.91 Å². The molecule has 2 N–H and O–H groups in total. The lowest BCUT2D eigenvalue weighted by atomic mass is 10.1. The summed E-state index contributed by atoms with van der Waals surface area (Å²) in [7, 11) is 0. The summed E-state index contributed by atoms with van der Waals surface area (Å²) in [5.74, 6) is -4.20. The molecule has 0 atom stereocenters. The number of nitrogens with one attached hydrogen (secondary N) is 1. The quantitative estimate of drug-likeness (QED) is 0.666. The molecule has 1 amide bonds. The van der Waals surface area contributed by atoms with Crippen LogP contribution in [0.5, 0.6) is 0 Å². The molecule has 0 fully saturated rings. The number of carboxylic acid groups (broad SMARTS) is 1. The Morgan fingerprint density at radius 2 is 1.79 bits per heavy atom. The van der Waals surface area contributed by atoms with Gasteiger partial charge < -0.3 is 10.4 Å². The van der Waals surface area contributed by atoms with Crippen molar-refractivity contribution in [3.8, 4) is 6.07 Å². The van der Waals surface area contributed by atoms with E-state index < -0.39 is 29.1 Å². The molecule has 0 aliphatic heterocycles. The van der Waals surface area contributed by atoms with Gasteiger partial charge in [0.15, 0.2) is 11.6 Å². The van der Waals surface area contributed by atoms with E-state index in [0.29, 0.717) is 0 Å². The van der Waals surface area contributed by atoms with Gasteiger partial charge in [0.05, 0.1) is 5.56 Å². The average Bonchev–Trinajstić information content (AvgIpc) is 2.56. The first-order chi connectivity index (χ1) is 11.4. The molecular formula is C17H10F2N2O3. The van der Waals surface area contributed by atoms with E-state index in [1.54, 1.807) is 6.07 Å². The number of amides is 1. The summed E-state index contributed by atoms with van der Waals surface area (Å²) in [6, 6.07) is 10.3. The SMILES string of the molecule is N#CC(=Cc1cccc(F)c1F)C(=O)Nc1ccc(C(=O)O)cc1. The molecule has 2 aromatic carbocycles. The highest BCUT2D eigenvalue weighted by molar-refractivity contribution is 6.09. The highest BCUT2D eigenvalue weighted by atomic mass is 19.2. The Bertz CT molecular complexity index is 868. The van der Waals surface area contributed by atoms with Crippen LogP contribution in [0.4, 0.5) is 14.5 Å². The van der Waals surface area contributed by atoms with Crippen LogP contribution < -0.4 is 5.32 Å². The molecule has 24 heavy (non-hydrogen) atoms. The second-order valence-electron chi connectivity index (χ2n) is 4.65. The van der Waals surface area contributed by atoms with Gasteiger partial charge in [0, 0.05) is 11.3 Å². The molecule has 0 saturated carbocycles. The Kier molecular flexibility index (Phi) is 5.02. The predicted molar refractivity (Wildman–Crippen MR) is 82.0 cm³/mol. The molecule has 0 heterocycles. The minimum atomic E-state index is -1.16. The van der Waals surface area contributed by atoms with E-state index >= 15 is 0 Å². The number of nitriles is 1. The lowest BCUT2D eigenvalue weighted by Crippen LogP contribution is -2.13. The summed E-state index contributed by atoms with van der Waals surface area (Å²) in [5, 5.41) is 20.2. The van der Waals surface area contributed by atoms with Crippen LogP contribution in [0.15, 0.2) is 48.0 Å². The first kappa shape index (κ1) is 16.8. The van der Waals surface area contributed by atoms with E-state index in [1.807, 2.05) is 0 Å². The Balaban J connectivity index is 2.23. The van der Waals surface area contributed by atoms with Crippen LogP contribution >= 0.6 is 0 Å². The second kappa shape index (κ2) is 7.15. The monoisotopic (exact) mass is 328 g/mol. The van der Waals surface area contributed by atoms with Crippen molar-refractivity contribution < 1.29 is 23.5 Å². The highest BCUT2D eigenvalue weighted by Crippen LogP contribution is 2.16. The molecule has 0 aromatic heterocycles. The third-order valence-electron chi connectivity index (χ3n) is 3.04. The normalized spacial score (nSPS) is 10.8. The van der Waals surface area contributed by atoms with Crippen molar-refractivity contribution in [2.45, 2.75) is 0 Å². The van der Waals surface area contributed by atoms with E-state index in [2.05, 4.69) is 5.32 Å². The molecule has 0 radical (unpaired) electrons. The number of hydrogen-bond donors (Lipinski definition) is 2. The highest BCUT2D eigenvalue weighted by Gasteiger charge is 2.13. The van der Waals surface area contributed by atoms with Gasteiger partial charge in [-0.1, -0.05) is 12.1 Å². The maximum Gasteiger partial charge on any atom is 0.335 e. The molecule has 0 aliphatic rings. The van der Waals surface area contributed by atoms with E-state index in [-0.39, 0.29) is 16.8 Å². The van der Waals surface area contributed by atoms with Crippen molar-refractivity contribution in [2.75, 3.05) is 5.32 Å². The number of nitrogens with zero attached hydrogens (tertiary/aromatic N) is 1. The standard InChI is InChI=1S/C17H10F2N2O3/c18-14-3-1-2-11(15(14)19)8-12(9-20)16(22)21-13-6-4-10(5-7-13)17(23)24/h1-8H,(H,21,22)(H,23,24). The fourth-order valence-corrected chi connectivity index (χ4v) is 1.83. The summed E-state index contributed by atoms with van der Waals surface area (Å²) in [6.45, 7) is 0. The Hall–Kier alpha value is -3.53. The van der Waals surface area contributed by atoms with Crippen molar-refractivity contribution in [3.63, 3.8) is 0 Å². The van der Waals surface area contributed by atoms with Gasteiger partial charge in [-0.2, -0.15) is 5.26 Å². The minimum Gasteiger partial charge on any atom is -0.478 e. The number of aromatic carboxylic acids is 1. The van der Waals surface area contributed by atoms with Crippen molar-refractivity contribution in [1.82, 2.24) is 0 Å². The number of carbonyl (C=O) groups is 2. The molecule has 0 saturated heterocycles. The summed E-state index contributed by atoms with van der Waals surface area (Å²) in [4.78, 5) is 22.8. The second-order valence-corrected chi connectivity index (χ2v) is 4.65. The third kappa shape index (κ3) is 3.81. The smallest absolute Gasteiger partial charge is 0.335 e. The zero-order valence-electron chi connectivity index (χ0n) is 12.1. The number of benzene rings is 2. The van der Waals surface area contributed by atoms with Gasteiger partial charge in [0.1, 0.15) is 11.6 Å². The average molecular weight is 328 g/mol. The molecule has 0 aliphatic carbocycles. The first-order valence-corrected chi connectivity index (χ1v) is 6.63. The molecule has 7 heteroatoms. The first-order valence-electron chi connectivity index (χ1n) is 6.63. The van der Waals surface area contributed by atoms with Crippen LogP contribution in [0.25, 0.3) is 6.08 Å². The lowest BCUT2D eigenvalue weighted by Gasteiger charge is -2.05. The van der Waals surface area contributed by atoms with Crippen molar-refractivity contribution in [3.05, 3.63) is 70.8 Å². The topological polar surface area (TPSA) is 90.2 Å². The van der Waals surface area contributed by atoms with Crippen LogP contribution in [-0.4, -0.2) is 17.0 Å². The maximum atomic E-state index is 13.6. The van der Waals surface area contributed by atoms with Gasteiger partial charge in [0.2, 0.25) is 0 Å². The number of carboxylic acids is 1. The van der Waals surface area contributed by atoms with E-state index in [4.69, 9.17) is 10.4 Å². The summed E-state index contributed by atoms with van der Waals surface area (Å²) >= 11 is 0. The Labute approximate surface area is 135 Å². The van der Waals surface area contributed by atoms with Crippen LogP contribution in [-0.2, 0) is 4.79 Å². The molecular weight excluding hydrogens is 318 g/mol. The van der Waals surface area contributed by atoms with E-state index in [0.717, 1.165) is 12.1 Å². The van der Waals surface area contributed by atoms with Gasteiger partial charge in [-0.3, -0.25) is 4.79 Å². The van der Waals surface area contributed by atoms with Crippen molar-refractivity contribution >= 4 is 23.6 Å². The molecule has 120 valence electrons. The van der Waals surface area contributed by atoms with Crippen LogP contribution in [0, 0.1) is 23.0 Å². The lowest BCUT2D eigenvalue weighted by molar-refractivity contribution is -0.112. The summed E-state index contributed by atoms with van der Waals surface area (Å²) < 4.78 is 26.7. The molecule has 2 aromatic rings. The van der Waals surface area contributed by atoms with Crippen LogP contribution in [0.1, 0.15) is 15.9 Å².